The molecule has 0 atom stereocenters. The van der Waals surface area contributed by atoms with Crippen molar-refractivity contribution in [3.63, 3.8) is 0 Å². The number of hydrogen-bond acceptors (Lipinski definition) is 3. The topological polar surface area (TPSA) is 54.3 Å². The molecule has 4 heteroatoms. The van der Waals surface area contributed by atoms with E-state index in [0.717, 1.165) is 0 Å². The van der Waals surface area contributed by atoms with Crippen molar-refractivity contribution < 1.29 is 4.42 Å². The Kier molecular flexibility index (Phi) is 0.887. The summed E-state index contributed by atoms with van der Waals surface area (Å²) < 4.78 is 6.55. The van der Waals surface area contributed by atoms with Gasteiger partial charge >= 0.3 is 0 Å². The molecule has 0 aliphatic heterocycles. The standard InChI is InChI=1S/C6H5N3O/c7-5-3-6-9(8-4-5)1-2-10-6/h1-4,7H. The molecule has 0 aromatic carbocycles. The minimum atomic E-state index is 0.356. The molecule has 0 aliphatic carbocycles. The number of aromatic nitrogens is 2. The van der Waals surface area contributed by atoms with Gasteiger partial charge in [-0.1, -0.05) is 0 Å². The summed E-state index contributed by atoms with van der Waals surface area (Å²) in [5, 5.41) is 11.4. The van der Waals surface area contributed by atoms with Gasteiger partial charge in [0.05, 0.1) is 17.8 Å². The molecule has 2 aromatic rings. The van der Waals surface area contributed by atoms with E-state index in [4.69, 9.17) is 9.83 Å². The Morgan fingerprint density at radius 2 is 2.50 bits per heavy atom. The Hall–Kier alpha value is -1.58. The van der Waals surface area contributed by atoms with E-state index in [9.17, 15) is 0 Å². The van der Waals surface area contributed by atoms with Crippen molar-refractivity contribution in [3.8, 4) is 0 Å². The predicted octanol–water partition coefficient (Wildman–Crippen LogP) is 0.407. The number of nitrogens with one attached hydrogen (secondary N) is 1. The van der Waals surface area contributed by atoms with Crippen molar-refractivity contribution in [1.29, 1.82) is 5.41 Å². The van der Waals surface area contributed by atoms with Crippen LogP contribution in [0.4, 0.5) is 0 Å². The second-order valence-corrected chi connectivity index (χ2v) is 1.93. The zero-order valence-electron chi connectivity index (χ0n) is 5.11. The molecule has 2 aromatic heterocycles. The average Bonchev–Trinajstić information content (AvgIpc) is 2.33. The zero-order valence-corrected chi connectivity index (χ0v) is 5.11. The molecular weight excluding hydrogens is 130 g/mol. The van der Waals surface area contributed by atoms with Crippen LogP contribution >= 0.6 is 0 Å². The highest BCUT2D eigenvalue weighted by Gasteiger charge is 1.91. The van der Waals surface area contributed by atoms with Crippen LogP contribution in [0.1, 0.15) is 0 Å². The van der Waals surface area contributed by atoms with E-state index in [1.807, 2.05) is 0 Å². The summed E-state index contributed by atoms with van der Waals surface area (Å²) in [6, 6.07) is 1.60. The van der Waals surface area contributed by atoms with Gasteiger partial charge in [0.2, 0.25) is 5.71 Å². The molecule has 2 heterocycles. The minimum absolute atomic E-state index is 0.356. The zero-order chi connectivity index (χ0) is 6.97. The molecule has 0 fully saturated rings. The fraction of sp³-hybridized carbons (Fsp3) is 0. The molecular formula is C6H5N3O. The molecule has 0 saturated heterocycles. The van der Waals surface area contributed by atoms with Crippen molar-refractivity contribution in [2.75, 3.05) is 0 Å². The van der Waals surface area contributed by atoms with Crippen LogP contribution in [-0.4, -0.2) is 9.61 Å². The first-order valence-electron chi connectivity index (χ1n) is 2.83. The van der Waals surface area contributed by atoms with Gasteiger partial charge in [-0.3, -0.25) is 5.41 Å². The second kappa shape index (κ2) is 1.70. The molecule has 0 bridgehead atoms. The third kappa shape index (κ3) is 0.621. The van der Waals surface area contributed by atoms with E-state index in [2.05, 4.69) is 5.10 Å². The highest BCUT2D eigenvalue weighted by Crippen LogP contribution is 1.95. The second-order valence-electron chi connectivity index (χ2n) is 1.93. The summed E-state index contributed by atoms with van der Waals surface area (Å²) in [6.07, 6.45) is 4.68. The summed E-state index contributed by atoms with van der Waals surface area (Å²) >= 11 is 0. The highest BCUT2D eigenvalue weighted by molar-refractivity contribution is 5.29. The van der Waals surface area contributed by atoms with E-state index < -0.39 is 0 Å². The van der Waals surface area contributed by atoms with Gasteiger partial charge in [-0.05, 0) is 0 Å². The van der Waals surface area contributed by atoms with Gasteiger partial charge in [-0.15, -0.1) is 0 Å². The van der Waals surface area contributed by atoms with Crippen LogP contribution in [-0.2, 0) is 0 Å². The lowest BCUT2D eigenvalue weighted by atomic mass is 10.5. The van der Waals surface area contributed by atoms with Crippen molar-refractivity contribution in [3.05, 3.63) is 30.1 Å². The van der Waals surface area contributed by atoms with E-state index in [-0.39, 0.29) is 0 Å². The van der Waals surface area contributed by atoms with Crippen LogP contribution in [0.15, 0.2) is 29.1 Å². The molecule has 0 amide bonds. The van der Waals surface area contributed by atoms with E-state index in [1.54, 1.807) is 16.8 Å². The Morgan fingerprint density at radius 1 is 1.60 bits per heavy atom. The molecule has 2 rings (SSSR count). The van der Waals surface area contributed by atoms with Gasteiger partial charge in [-0.25, -0.2) is 4.52 Å². The minimum Gasteiger partial charge on any atom is -0.445 e. The summed E-state index contributed by atoms with van der Waals surface area (Å²) in [4.78, 5) is 0. The van der Waals surface area contributed by atoms with Crippen LogP contribution in [0.5, 0.6) is 0 Å². The maximum atomic E-state index is 7.18. The van der Waals surface area contributed by atoms with Gasteiger partial charge in [0, 0.05) is 6.07 Å². The first-order chi connectivity index (χ1) is 4.86. The van der Waals surface area contributed by atoms with Gasteiger partial charge in [0.1, 0.15) is 6.26 Å². The lowest BCUT2D eigenvalue weighted by molar-refractivity contribution is 0.600. The smallest absolute Gasteiger partial charge is 0.221 e. The van der Waals surface area contributed by atoms with Crippen LogP contribution < -0.4 is 5.36 Å². The molecule has 0 spiro atoms. The van der Waals surface area contributed by atoms with Crippen LogP contribution in [0, 0.1) is 5.41 Å². The Labute approximate surface area is 56.2 Å². The van der Waals surface area contributed by atoms with E-state index in [1.165, 1.54) is 12.5 Å². The van der Waals surface area contributed by atoms with Crippen molar-refractivity contribution in [2.45, 2.75) is 0 Å². The van der Waals surface area contributed by atoms with Crippen LogP contribution in [0.25, 0.3) is 5.71 Å². The van der Waals surface area contributed by atoms with E-state index in [0.29, 0.717) is 11.1 Å². The summed E-state index contributed by atoms with van der Waals surface area (Å²) in [6.45, 7) is 0. The first-order valence-corrected chi connectivity index (χ1v) is 2.83. The first kappa shape index (κ1) is 5.22. The van der Waals surface area contributed by atoms with Crippen molar-refractivity contribution >= 4 is 5.71 Å². The largest absolute Gasteiger partial charge is 0.445 e. The molecule has 4 nitrogen and oxygen atoms in total. The summed E-state index contributed by atoms with van der Waals surface area (Å²) in [7, 11) is 0. The highest BCUT2D eigenvalue weighted by atomic mass is 16.3. The van der Waals surface area contributed by atoms with Crippen molar-refractivity contribution in [1.82, 2.24) is 9.61 Å². The molecule has 0 saturated carbocycles. The van der Waals surface area contributed by atoms with E-state index >= 15 is 0 Å². The summed E-state index contributed by atoms with van der Waals surface area (Å²) in [5.74, 6) is 0. The number of hydrogen-bond donors (Lipinski definition) is 1. The average molecular weight is 135 g/mol. The number of rotatable bonds is 0. The molecule has 10 heavy (non-hydrogen) atoms. The maximum Gasteiger partial charge on any atom is 0.221 e. The SMILES string of the molecule is N=c1cnn2ccoc2c1. The van der Waals surface area contributed by atoms with Crippen molar-refractivity contribution in [2.24, 2.45) is 0 Å². The normalized spacial score (nSPS) is 10.4. The van der Waals surface area contributed by atoms with Crippen LogP contribution in [0.2, 0.25) is 0 Å². The Balaban J connectivity index is 2.99. The lowest BCUT2D eigenvalue weighted by Crippen LogP contribution is -2.01. The van der Waals surface area contributed by atoms with Crippen LogP contribution in [0.3, 0.4) is 0 Å². The summed E-state index contributed by atoms with van der Waals surface area (Å²) in [5.41, 5.74) is 0.590. The molecule has 50 valence electrons. The molecule has 0 unspecified atom stereocenters. The number of oxazole rings is 1. The number of fused-ring (bicyclic) bond motifs is 1. The molecule has 0 aliphatic rings. The third-order valence-electron chi connectivity index (χ3n) is 1.22. The fourth-order valence-corrected chi connectivity index (χ4v) is 0.775. The molecule has 0 radical (unpaired) electrons. The Bertz CT molecular complexity index is 400. The van der Waals surface area contributed by atoms with Gasteiger partial charge in [0.15, 0.2) is 0 Å². The van der Waals surface area contributed by atoms with Gasteiger partial charge in [-0.2, -0.15) is 5.10 Å². The predicted molar refractivity (Wildman–Crippen MR) is 33.3 cm³/mol. The maximum absolute atomic E-state index is 7.18. The fourth-order valence-electron chi connectivity index (χ4n) is 0.775. The van der Waals surface area contributed by atoms with Gasteiger partial charge < -0.3 is 4.42 Å². The third-order valence-corrected chi connectivity index (χ3v) is 1.22. The monoisotopic (exact) mass is 135 g/mol. The lowest BCUT2D eigenvalue weighted by Gasteiger charge is -1.85. The molecule has 1 N–H and O–H groups in total. The van der Waals surface area contributed by atoms with Gasteiger partial charge in [0.25, 0.3) is 0 Å². The quantitative estimate of drug-likeness (QED) is 0.568. The Morgan fingerprint density at radius 3 is 3.40 bits per heavy atom. The number of nitrogens with zero attached hydrogens (tertiary/aromatic N) is 2.